The van der Waals surface area contributed by atoms with Gasteiger partial charge in [-0.05, 0) is 49.3 Å². The summed E-state index contributed by atoms with van der Waals surface area (Å²) in [6.07, 6.45) is 15.0. The molecule has 0 radical (unpaired) electrons. The van der Waals surface area contributed by atoms with Gasteiger partial charge in [-0.15, -0.1) is 0 Å². The SMILES string of the molecule is C1=Cc2c(ccc3cc4ccc5c(c4nc23)C=CCC5)CCC1. The van der Waals surface area contributed by atoms with Crippen LogP contribution in [0.15, 0.2) is 42.5 Å². The van der Waals surface area contributed by atoms with Gasteiger partial charge in [0.2, 0.25) is 0 Å². The predicted octanol–water partition coefficient (Wildman–Crippen LogP) is 5.70. The molecule has 0 unspecified atom stereocenters. The Morgan fingerprint density at radius 2 is 1.35 bits per heavy atom. The molecule has 1 nitrogen and oxygen atoms in total. The highest BCUT2D eigenvalue weighted by Gasteiger charge is 2.13. The molecular formula is C22H19N. The molecule has 23 heavy (non-hydrogen) atoms. The lowest BCUT2D eigenvalue weighted by molar-refractivity contribution is 0.852. The van der Waals surface area contributed by atoms with E-state index >= 15 is 0 Å². The molecule has 0 saturated carbocycles. The van der Waals surface area contributed by atoms with Crippen molar-refractivity contribution in [2.24, 2.45) is 0 Å². The molecule has 0 saturated heterocycles. The van der Waals surface area contributed by atoms with Gasteiger partial charge in [0.25, 0.3) is 0 Å². The Balaban J connectivity index is 1.89. The third kappa shape index (κ3) is 2.03. The molecule has 0 N–H and O–H groups in total. The second-order valence-electron chi connectivity index (χ2n) is 6.64. The van der Waals surface area contributed by atoms with Crippen LogP contribution >= 0.6 is 0 Å². The van der Waals surface area contributed by atoms with Crippen molar-refractivity contribution < 1.29 is 0 Å². The Kier molecular flexibility index (Phi) is 2.87. The summed E-state index contributed by atoms with van der Waals surface area (Å²) in [5.41, 5.74) is 7.87. The van der Waals surface area contributed by atoms with Crippen LogP contribution in [0.5, 0.6) is 0 Å². The molecule has 0 amide bonds. The third-order valence-electron chi connectivity index (χ3n) is 5.18. The first-order valence-electron chi connectivity index (χ1n) is 8.61. The maximum absolute atomic E-state index is 5.14. The van der Waals surface area contributed by atoms with E-state index in [9.17, 15) is 0 Å². The normalized spacial score (nSPS) is 16.3. The van der Waals surface area contributed by atoms with Crippen LogP contribution in [-0.2, 0) is 12.8 Å². The van der Waals surface area contributed by atoms with Crippen molar-refractivity contribution in [3.05, 3.63) is 64.7 Å². The second-order valence-corrected chi connectivity index (χ2v) is 6.64. The van der Waals surface area contributed by atoms with Crippen molar-refractivity contribution in [3.8, 4) is 0 Å². The minimum Gasteiger partial charge on any atom is -0.247 e. The van der Waals surface area contributed by atoms with Crippen molar-refractivity contribution in [1.29, 1.82) is 0 Å². The largest absolute Gasteiger partial charge is 0.247 e. The number of hydrogen-bond donors (Lipinski definition) is 0. The van der Waals surface area contributed by atoms with E-state index in [-0.39, 0.29) is 0 Å². The zero-order valence-corrected chi connectivity index (χ0v) is 13.2. The number of benzene rings is 2. The number of allylic oxidation sites excluding steroid dienone is 2. The smallest absolute Gasteiger partial charge is 0.0784 e. The van der Waals surface area contributed by atoms with E-state index in [4.69, 9.17) is 4.98 Å². The Hall–Kier alpha value is -2.41. The highest BCUT2D eigenvalue weighted by atomic mass is 14.7. The summed E-state index contributed by atoms with van der Waals surface area (Å²) in [5.74, 6) is 0. The number of aromatic nitrogens is 1. The van der Waals surface area contributed by atoms with E-state index in [1.54, 1.807) is 0 Å². The Morgan fingerprint density at radius 1 is 0.696 bits per heavy atom. The van der Waals surface area contributed by atoms with Crippen LogP contribution in [0.3, 0.4) is 0 Å². The van der Waals surface area contributed by atoms with Gasteiger partial charge in [-0.25, -0.2) is 4.98 Å². The summed E-state index contributed by atoms with van der Waals surface area (Å²) in [6.45, 7) is 0. The number of aryl methyl sites for hydroxylation is 2. The molecule has 2 aliphatic carbocycles. The van der Waals surface area contributed by atoms with Crippen LogP contribution < -0.4 is 0 Å². The molecule has 1 heterocycles. The van der Waals surface area contributed by atoms with Gasteiger partial charge in [-0.3, -0.25) is 0 Å². The topological polar surface area (TPSA) is 12.9 Å². The number of hydrogen-bond acceptors (Lipinski definition) is 1. The van der Waals surface area contributed by atoms with Gasteiger partial charge >= 0.3 is 0 Å². The molecule has 0 bridgehead atoms. The lowest BCUT2D eigenvalue weighted by atomic mass is 9.93. The fourth-order valence-corrected chi connectivity index (χ4v) is 3.95. The fourth-order valence-electron chi connectivity index (χ4n) is 3.95. The fraction of sp³-hybridized carbons (Fsp3) is 0.227. The van der Waals surface area contributed by atoms with Crippen molar-refractivity contribution in [2.75, 3.05) is 0 Å². The highest BCUT2D eigenvalue weighted by Crippen LogP contribution is 2.32. The van der Waals surface area contributed by atoms with Crippen molar-refractivity contribution in [1.82, 2.24) is 4.98 Å². The molecule has 1 aromatic heterocycles. The summed E-state index contributed by atoms with van der Waals surface area (Å²) in [5, 5.41) is 2.50. The van der Waals surface area contributed by atoms with E-state index in [2.05, 4.69) is 54.6 Å². The average Bonchev–Trinajstić information content (AvgIpc) is 2.85. The lowest BCUT2D eigenvalue weighted by Crippen LogP contribution is -1.98. The third-order valence-corrected chi connectivity index (χ3v) is 5.18. The maximum atomic E-state index is 5.14. The molecule has 2 aromatic carbocycles. The van der Waals surface area contributed by atoms with Crippen LogP contribution in [0.2, 0.25) is 0 Å². The average molecular weight is 297 g/mol. The molecule has 0 atom stereocenters. The van der Waals surface area contributed by atoms with Gasteiger partial charge in [0, 0.05) is 21.9 Å². The number of pyridine rings is 1. The quantitative estimate of drug-likeness (QED) is 0.485. The molecular weight excluding hydrogens is 278 g/mol. The van der Waals surface area contributed by atoms with Crippen molar-refractivity contribution >= 4 is 34.0 Å². The minimum atomic E-state index is 1.13. The van der Waals surface area contributed by atoms with Gasteiger partial charge in [-0.2, -0.15) is 0 Å². The molecule has 1 heteroatoms. The highest BCUT2D eigenvalue weighted by molar-refractivity contribution is 6.00. The second kappa shape index (κ2) is 5.06. The van der Waals surface area contributed by atoms with Gasteiger partial charge in [0.1, 0.15) is 0 Å². The molecule has 112 valence electrons. The van der Waals surface area contributed by atoms with Crippen LogP contribution in [-0.4, -0.2) is 4.98 Å². The van der Waals surface area contributed by atoms with E-state index in [1.807, 2.05) is 0 Å². The van der Waals surface area contributed by atoms with Gasteiger partial charge in [0.05, 0.1) is 11.0 Å². The van der Waals surface area contributed by atoms with Gasteiger partial charge in [-0.1, -0.05) is 48.6 Å². The summed E-state index contributed by atoms with van der Waals surface area (Å²) in [6, 6.07) is 11.4. The van der Waals surface area contributed by atoms with E-state index in [1.165, 1.54) is 51.4 Å². The summed E-state index contributed by atoms with van der Waals surface area (Å²) < 4.78 is 0. The standard InChI is InChI=1S/C22H19N/c1-2-6-15-10-12-17-14-18-13-11-16-7-4-5-9-20(16)22(18)23-21(17)19(15)8-3-1/h3,5,8-14H,1-2,4,6-7H2. The van der Waals surface area contributed by atoms with Crippen LogP contribution in [0, 0.1) is 0 Å². The molecule has 0 spiro atoms. The summed E-state index contributed by atoms with van der Waals surface area (Å²) >= 11 is 0. The molecule has 0 aliphatic heterocycles. The number of rotatable bonds is 0. The predicted molar refractivity (Wildman–Crippen MR) is 98.6 cm³/mol. The maximum Gasteiger partial charge on any atom is 0.0784 e. The molecule has 5 rings (SSSR count). The van der Waals surface area contributed by atoms with E-state index in [0.29, 0.717) is 0 Å². The minimum absolute atomic E-state index is 1.13. The van der Waals surface area contributed by atoms with Crippen molar-refractivity contribution in [2.45, 2.75) is 32.1 Å². The van der Waals surface area contributed by atoms with E-state index < -0.39 is 0 Å². The number of fused-ring (bicyclic) bond motifs is 6. The van der Waals surface area contributed by atoms with Crippen LogP contribution in [0.25, 0.3) is 34.0 Å². The summed E-state index contributed by atoms with van der Waals surface area (Å²) in [4.78, 5) is 5.14. The van der Waals surface area contributed by atoms with Crippen molar-refractivity contribution in [3.63, 3.8) is 0 Å². The Bertz CT molecular complexity index is 992. The lowest BCUT2D eigenvalue weighted by Gasteiger charge is -2.14. The molecule has 2 aliphatic rings. The summed E-state index contributed by atoms with van der Waals surface area (Å²) in [7, 11) is 0. The first kappa shape index (κ1) is 13.1. The van der Waals surface area contributed by atoms with Gasteiger partial charge < -0.3 is 0 Å². The first-order chi connectivity index (χ1) is 11.4. The zero-order valence-electron chi connectivity index (χ0n) is 13.2. The van der Waals surface area contributed by atoms with E-state index in [0.717, 1.165) is 24.8 Å². The van der Waals surface area contributed by atoms with Gasteiger partial charge in [0.15, 0.2) is 0 Å². The Labute approximate surface area is 136 Å². The number of nitrogens with zero attached hydrogens (tertiary/aromatic N) is 1. The molecule has 0 fully saturated rings. The Morgan fingerprint density at radius 3 is 2.09 bits per heavy atom. The van der Waals surface area contributed by atoms with Crippen LogP contribution in [0.4, 0.5) is 0 Å². The monoisotopic (exact) mass is 297 g/mol. The first-order valence-corrected chi connectivity index (χ1v) is 8.61. The van der Waals surface area contributed by atoms with Crippen LogP contribution in [0.1, 0.15) is 41.5 Å². The zero-order chi connectivity index (χ0) is 15.2. The molecule has 3 aromatic rings.